The zero-order valence-electron chi connectivity index (χ0n) is 9.58. The Morgan fingerprint density at radius 2 is 2.00 bits per heavy atom. The van der Waals surface area contributed by atoms with Gasteiger partial charge < -0.3 is 15.8 Å². The Bertz CT molecular complexity index is 275. The number of carbonyl (C=O) groups is 1. The zero-order chi connectivity index (χ0) is 11.4. The number of hydrogen-bond acceptors (Lipinski definition) is 3. The number of rotatable bonds is 3. The molecule has 0 aromatic heterocycles. The highest BCUT2D eigenvalue weighted by atomic mass is 16.5. The molecule has 0 unspecified atom stereocenters. The average molecular weight is 224 g/mol. The van der Waals surface area contributed by atoms with Crippen LogP contribution in [-0.2, 0) is 9.53 Å². The summed E-state index contributed by atoms with van der Waals surface area (Å²) in [6.45, 7) is 1.71. The number of ether oxygens (including phenoxy) is 1. The number of carbonyl (C=O) groups excluding carboxylic acids is 1. The summed E-state index contributed by atoms with van der Waals surface area (Å²) >= 11 is 0. The summed E-state index contributed by atoms with van der Waals surface area (Å²) in [5.74, 6) is 0.118. The van der Waals surface area contributed by atoms with E-state index in [1.54, 1.807) is 0 Å². The van der Waals surface area contributed by atoms with Crippen LogP contribution in [0.3, 0.4) is 0 Å². The summed E-state index contributed by atoms with van der Waals surface area (Å²) in [6.07, 6.45) is 7.62. The lowest BCUT2D eigenvalue weighted by Gasteiger charge is -2.35. The molecule has 0 bridgehead atoms. The molecule has 1 fully saturated rings. The molecule has 0 radical (unpaired) electrons. The van der Waals surface area contributed by atoms with Crippen molar-refractivity contribution < 1.29 is 9.53 Å². The van der Waals surface area contributed by atoms with Crippen molar-refractivity contribution in [3.05, 3.63) is 12.2 Å². The minimum atomic E-state index is -0.388. The van der Waals surface area contributed by atoms with Crippen molar-refractivity contribution in [1.82, 2.24) is 5.32 Å². The molecule has 16 heavy (non-hydrogen) atoms. The minimum Gasteiger partial charge on any atom is -0.381 e. The van der Waals surface area contributed by atoms with E-state index in [-0.39, 0.29) is 17.4 Å². The zero-order valence-corrected chi connectivity index (χ0v) is 9.58. The van der Waals surface area contributed by atoms with Crippen molar-refractivity contribution in [2.24, 2.45) is 11.1 Å². The van der Waals surface area contributed by atoms with E-state index in [9.17, 15) is 4.79 Å². The molecule has 0 saturated carbocycles. The van der Waals surface area contributed by atoms with E-state index in [2.05, 4.69) is 17.5 Å². The molecule has 2 rings (SSSR count). The summed E-state index contributed by atoms with van der Waals surface area (Å²) in [6, 6.07) is 0.277. The standard InChI is InChI=1S/C12H20N2O2/c13-9-12(5-7-16-8-6-12)11(15)14-10-3-1-2-4-10/h1-2,10H,3-9,13H2,(H,14,15). The fourth-order valence-electron chi connectivity index (χ4n) is 2.36. The van der Waals surface area contributed by atoms with E-state index in [1.807, 2.05) is 0 Å². The molecule has 4 heteroatoms. The summed E-state index contributed by atoms with van der Waals surface area (Å²) in [5.41, 5.74) is 5.39. The van der Waals surface area contributed by atoms with Crippen LogP contribution in [0.2, 0.25) is 0 Å². The van der Waals surface area contributed by atoms with Crippen LogP contribution in [-0.4, -0.2) is 31.7 Å². The second-order valence-electron chi connectivity index (χ2n) is 4.71. The maximum absolute atomic E-state index is 12.2. The lowest BCUT2D eigenvalue weighted by atomic mass is 9.79. The van der Waals surface area contributed by atoms with Crippen molar-refractivity contribution in [3.8, 4) is 0 Å². The smallest absolute Gasteiger partial charge is 0.227 e. The van der Waals surface area contributed by atoms with Gasteiger partial charge in [0.25, 0.3) is 0 Å². The van der Waals surface area contributed by atoms with Crippen LogP contribution in [0.5, 0.6) is 0 Å². The topological polar surface area (TPSA) is 64.4 Å². The molecule has 1 aliphatic heterocycles. The van der Waals surface area contributed by atoms with Crippen molar-refractivity contribution in [1.29, 1.82) is 0 Å². The second kappa shape index (κ2) is 4.97. The third kappa shape index (κ3) is 2.28. The van der Waals surface area contributed by atoms with Crippen LogP contribution in [0.25, 0.3) is 0 Å². The number of hydrogen-bond donors (Lipinski definition) is 2. The fourth-order valence-corrected chi connectivity index (χ4v) is 2.36. The van der Waals surface area contributed by atoms with Crippen LogP contribution in [0.1, 0.15) is 25.7 Å². The second-order valence-corrected chi connectivity index (χ2v) is 4.71. The third-order valence-electron chi connectivity index (χ3n) is 3.67. The van der Waals surface area contributed by atoms with Gasteiger partial charge in [0.1, 0.15) is 0 Å². The van der Waals surface area contributed by atoms with Gasteiger partial charge in [0.2, 0.25) is 5.91 Å². The highest BCUT2D eigenvalue weighted by Gasteiger charge is 2.39. The van der Waals surface area contributed by atoms with Gasteiger partial charge in [-0.05, 0) is 25.7 Å². The predicted octanol–water partition coefficient (Wildman–Crippen LogP) is 0.577. The van der Waals surface area contributed by atoms with Gasteiger partial charge in [0.15, 0.2) is 0 Å². The highest BCUT2D eigenvalue weighted by molar-refractivity contribution is 5.83. The quantitative estimate of drug-likeness (QED) is 0.689. The first-order chi connectivity index (χ1) is 7.77. The Morgan fingerprint density at radius 3 is 2.56 bits per heavy atom. The Balaban J connectivity index is 1.94. The van der Waals surface area contributed by atoms with Crippen molar-refractivity contribution >= 4 is 5.91 Å². The molecule has 1 amide bonds. The Labute approximate surface area is 96.2 Å². The molecule has 1 saturated heterocycles. The van der Waals surface area contributed by atoms with E-state index in [4.69, 9.17) is 10.5 Å². The SMILES string of the molecule is NCC1(C(=O)NC2CC=CC2)CCOCC1. The van der Waals surface area contributed by atoms with Gasteiger partial charge in [-0.3, -0.25) is 4.79 Å². The molecule has 1 heterocycles. The molecule has 0 aromatic carbocycles. The van der Waals surface area contributed by atoms with Gasteiger partial charge in [-0.15, -0.1) is 0 Å². The number of amides is 1. The van der Waals surface area contributed by atoms with Crippen molar-refractivity contribution in [2.45, 2.75) is 31.7 Å². The normalized spacial score (nSPS) is 24.6. The van der Waals surface area contributed by atoms with E-state index < -0.39 is 0 Å². The lowest BCUT2D eigenvalue weighted by Crippen LogP contribution is -2.51. The summed E-state index contributed by atoms with van der Waals surface area (Å²) in [7, 11) is 0. The molecule has 4 nitrogen and oxygen atoms in total. The predicted molar refractivity (Wildman–Crippen MR) is 61.8 cm³/mol. The Kier molecular flexibility index (Phi) is 3.61. The average Bonchev–Trinajstić information content (AvgIpc) is 2.82. The van der Waals surface area contributed by atoms with Crippen molar-refractivity contribution in [2.75, 3.05) is 19.8 Å². The fraction of sp³-hybridized carbons (Fsp3) is 0.750. The molecule has 90 valence electrons. The maximum atomic E-state index is 12.2. The molecular weight excluding hydrogens is 204 g/mol. The van der Waals surface area contributed by atoms with Crippen LogP contribution in [0.4, 0.5) is 0 Å². The Hall–Kier alpha value is -0.870. The first-order valence-electron chi connectivity index (χ1n) is 6.01. The van der Waals surface area contributed by atoms with Crippen molar-refractivity contribution in [3.63, 3.8) is 0 Å². The molecule has 0 spiro atoms. The largest absolute Gasteiger partial charge is 0.381 e. The van der Waals surface area contributed by atoms with Crippen LogP contribution in [0, 0.1) is 5.41 Å². The third-order valence-corrected chi connectivity index (χ3v) is 3.67. The molecule has 0 atom stereocenters. The van der Waals surface area contributed by atoms with Gasteiger partial charge >= 0.3 is 0 Å². The summed E-state index contributed by atoms with van der Waals surface area (Å²) in [5, 5.41) is 3.10. The summed E-state index contributed by atoms with van der Waals surface area (Å²) < 4.78 is 5.30. The first-order valence-corrected chi connectivity index (χ1v) is 6.01. The minimum absolute atomic E-state index is 0.118. The van der Waals surface area contributed by atoms with Gasteiger partial charge in [-0.1, -0.05) is 12.2 Å². The van der Waals surface area contributed by atoms with Crippen LogP contribution in [0.15, 0.2) is 12.2 Å². The highest BCUT2D eigenvalue weighted by Crippen LogP contribution is 2.30. The molecule has 0 aromatic rings. The molecule has 3 N–H and O–H groups in total. The Morgan fingerprint density at radius 1 is 1.38 bits per heavy atom. The molecule has 1 aliphatic carbocycles. The molecule has 2 aliphatic rings. The maximum Gasteiger partial charge on any atom is 0.227 e. The van der Waals surface area contributed by atoms with Gasteiger partial charge in [-0.2, -0.15) is 0 Å². The van der Waals surface area contributed by atoms with Crippen LogP contribution >= 0.6 is 0 Å². The first kappa shape index (κ1) is 11.6. The van der Waals surface area contributed by atoms with Gasteiger partial charge in [-0.25, -0.2) is 0 Å². The van der Waals surface area contributed by atoms with E-state index in [1.165, 1.54) is 0 Å². The lowest BCUT2D eigenvalue weighted by molar-refractivity contribution is -0.136. The van der Waals surface area contributed by atoms with E-state index in [0.717, 1.165) is 25.7 Å². The summed E-state index contributed by atoms with van der Waals surface area (Å²) in [4.78, 5) is 12.2. The van der Waals surface area contributed by atoms with Gasteiger partial charge in [0, 0.05) is 25.8 Å². The van der Waals surface area contributed by atoms with Gasteiger partial charge in [0.05, 0.1) is 5.41 Å². The number of nitrogens with two attached hydrogens (primary N) is 1. The van der Waals surface area contributed by atoms with Crippen LogP contribution < -0.4 is 11.1 Å². The van der Waals surface area contributed by atoms with E-state index in [0.29, 0.717) is 19.8 Å². The van der Waals surface area contributed by atoms with E-state index >= 15 is 0 Å². The monoisotopic (exact) mass is 224 g/mol. The number of nitrogens with one attached hydrogen (secondary N) is 1. The molecular formula is C12H20N2O2.